The number of halogens is 1. The van der Waals surface area contributed by atoms with E-state index >= 15 is 0 Å². The van der Waals surface area contributed by atoms with Crippen LogP contribution in [0, 0.1) is 6.92 Å². The predicted molar refractivity (Wildman–Crippen MR) is 176 cm³/mol. The van der Waals surface area contributed by atoms with Gasteiger partial charge in [-0.15, -0.1) is 0 Å². The highest BCUT2D eigenvalue weighted by molar-refractivity contribution is 7.80. The lowest BCUT2D eigenvalue weighted by Crippen LogP contribution is -2.45. The molecule has 4 aromatic rings. The van der Waals surface area contributed by atoms with Crippen molar-refractivity contribution in [1.29, 1.82) is 0 Å². The Kier molecular flexibility index (Phi) is 9.62. The zero-order valence-electron chi connectivity index (χ0n) is 24.5. The second-order valence-electron chi connectivity index (χ2n) is 10.1. The van der Waals surface area contributed by atoms with E-state index in [-0.39, 0.29) is 13.2 Å². The van der Waals surface area contributed by atoms with E-state index in [1.54, 1.807) is 32.2 Å². The first-order chi connectivity index (χ1) is 21.3. The van der Waals surface area contributed by atoms with Crippen molar-refractivity contribution in [2.45, 2.75) is 33.4 Å². The van der Waals surface area contributed by atoms with Gasteiger partial charge in [0, 0.05) is 45.0 Å². The molecule has 0 saturated carbocycles. The zero-order chi connectivity index (χ0) is 31.2. The van der Waals surface area contributed by atoms with Crippen molar-refractivity contribution in [1.82, 2.24) is 20.6 Å². The fraction of sp³-hybridized carbons (Fsp3) is 0.212. The third kappa shape index (κ3) is 6.61. The molecule has 2 heterocycles. The highest BCUT2D eigenvalue weighted by Gasteiger charge is 2.32. The van der Waals surface area contributed by atoms with Gasteiger partial charge in [0.25, 0.3) is 5.91 Å². The molecule has 3 N–H and O–H groups in total. The molecule has 0 radical (unpaired) electrons. The van der Waals surface area contributed by atoms with Gasteiger partial charge in [0.1, 0.15) is 5.75 Å². The van der Waals surface area contributed by atoms with Gasteiger partial charge >= 0.3 is 5.97 Å². The predicted octanol–water partition coefficient (Wildman–Crippen LogP) is 5.54. The monoisotopic (exact) mass is 629 g/mol. The van der Waals surface area contributed by atoms with Crippen LogP contribution in [0.1, 0.15) is 42.3 Å². The minimum atomic E-state index is -0.619. The number of para-hydroxylation sites is 2. The van der Waals surface area contributed by atoms with Crippen LogP contribution in [-0.2, 0) is 20.9 Å². The van der Waals surface area contributed by atoms with E-state index in [2.05, 4.69) is 25.7 Å². The van der Waals surface area contributed by atoms with Gasteiger partial charge < -0.3 is 24.7 Å². The smallest absolute Gasteiger partial charge is 0.338 e. The number of ether oxygens (including phenoxy) is 2. The van der Waals surface area contributed by atoms with E-state index in [1.165, 1.54) is 0 Å². The number of aromatic nitrogens is 1. The van der Waals surface area contributed by atoms with E-state index in [4.69, 9.17) is 33.3 Å². The Morgan fingerprint density at radius 3 is 2.59 bits per heavy atom. The summed E-state index contributed by atoms with van der Waals surface area (Å²) in [6.45, 7) is 6.05. The van der Waals surface area contributed by atoms with Crippen molar-refractivity contribution in [3.63, 3.8) is 0 Å². The van der Waals surface area contributed by atoms with Crippen LogP contribution in [0.4, 0.5) is 0 Å². The number of esters is 1. The average Bonchev–Trinajstić information content (AvgIpc) is 3.27. The summed E-state index contributed by atoms with van der Waals surface area (Å²) in [6, 6.07) is 22.3. The van der Waals surface area contributed by atoms with Gasteiger partial charge in [-0.05, 0) is 56.8 Å². The lowest BCUT2D eigenvalue weighted by Gasteiger charge is -2.30. The standard InChI is InChI=1S/C33H32ClN5O4S/c1-4-42-32(41)30-20(2)36-33(44)37-31(30)24-13-7-10-16-28(24)43-19-29(40)38-35-17-25-21(3)39(27-15-9-6-12-23(25)27)18-22-11-5-8-14-26(22)34/h5-17,31H,4,18-19H2,1-3H3,(H,38,40)(H2,36,37,44)/t31-/m0/s1. The van der Waals surface area contributed by atoms with Gasteiger partial charge in [0.05, 0.1) is 24.4 Å². The van der Waals surface area contributed by atoms with Crippen molar-refractivity contribution in [3.05, 3.63) is 111 Å². The average molecular weight is 630 g/mol. The molecule has 1 amide bonds. The Bertz CT molecular complexity index is 1800. The molecule has 0 aliphatic carbocycles. The number of carbonyl (C=O) groups is 2. The van der Waals surface area contributed by atoms with Crippen LogP contribution in [-0.4, -0.2) is 41.0 Å². The Balaban J connectivity index is 1.30. The molecule has 226 valence electrons. The lowest BCUT2D eigenvalue weighted by atomic mass is 9.95. The molecule has 44 heavy (non-hydrogen) atoms. The number of hydrogen-bond donors (Lipinski definition) is 3. The largest absolute Gasteiger partial charge is 0.483 e. The minimum absolute atomic E-state index is 0.229. The first-order valence-electron chi connectivity index (χ1n) is 14.1. The molecule has 0 fully saturated rings. The van der Waals surface area contributed by atoms with Crippen molar-refractivity contribution >= 4 is 57.9 Å². The maximum Gasteiger partial charge on any atom is 0.338 e. The Morgan fingerprint density at radius 1 is 1.07 bits per heavy atom. The number of allylic oxidation sites excluding steroid dienone is 1. The number of thiocarbonyl (C=S) groups is 1. The fourth-order valence-electron chi connectivity index (χ4n) is 5.22. The molecule has 11 heteroatoms. The summed E-state index contributed by atoms with van der Waals surface area (Å²) < 4.78 is 13.4. The number of amides is 1. The molecule has 0 unspecified atom stereocenters. The van der Waals surface area contributed by atoms with E-state index < -0.39 is 17.9 Å². The van der Waals surface area contributed by atoms with Gasteiger partial charge in [-0.2, -0.15) is 5.10 Å². The quantitative estimate of drug-likeness (QED) is 0.0916. The fourth-order valence-corrected chi connectivity index (χ4v) is 5.69. The van der Waals surface area contributed by atoms with Gasteiger partial charge in [0.15, 0.2) is 11.7 Å². The van der Waals surface area contributed by atoms with Crippen LogP contribution >= 0.6 is 23.8 Å². The van der Waals surface area contributed by atoms with Gasteiger partial charge in [-0.3, -0.25) is 4.79 Å². The Labute approximate surface area is 265 Å². The molecular weight excluding hydrogens is 598 g/mol. The van der Waals surface area contributed by atoms with E-state index in [1.807, 2.05) is 67.6 Å². The van der Waals surface area contributed by atoms with Crippen LogP contribution in [0.5, 0.6) is 5.75 Å². The van der Waals surface area contributed by atoms with E-state index in [9.17, 15) is 9.59 Å². The van der Waals surface area contributed by atoms with Crippen molar-refractivity contribution in [2.24, 2.45) is 5.10 Å². The molecule has 1 aliphatic rings. The van der Waals surface area contributed by atoms with E-state index in [0.717, 1.165) is 27.7 Å². The molecule has 9 nitrogen and oxygen atoms in total. The summed E-state index contributed by atoms with van der Waals surface area (Å²) in [5.74, 6) is -0.496. The summed E-state index contributed by atoms with van der Waals surface area (Å²) in [6.07, 6.45) is 1.64. The highest BCUT2D eigenvalue weighted by Crippen LogP contribution is 2.33. The highest BCUT2D eigenvalue weighted by atomic mass is 35.5. The Morgan fingerprint density at radius 2 is 1.80 bits per heavy atom. The number of hydrazone groups is 1. The van der Waals surface area contributed by atoms with Crippen LogP contribution in [0.15, 0.2) is 89.2 Å². The summed E-state index contributed by atoms with van der Waals surface area (Å²) in [4.78, 5) is 25.6. The lowest BCUT2D eigenvalue weighted by molar-refractivity contribution is -0.139. The molecule has 0 spiro atoms. The molecule has 5 rings (SSSR count). The SMILES string of the molecule is CCOC(=O)C1=C(C)NC(=S)N[C@H]1c1ccccc1OCC(=O)NN=Cc1c(C)n(Cc2ccccc2Cl)c2ccccc12. The number of nitrogens with zero attached hydrogens (tertiary/aromatic N) is 2. The normalized spacial score (nSPS) is 14.8. The van der Waals surface area contributed by atoms with Crippen molar-refractivity contribution in [3.8, 4) is 5.75 Å². The maximum atomic E-state index is 12.8. The topological polar surface area (TPSA) is 106 Å². The molecule has 1 aromatic heterocycles. The number of rotatable bonds is 10. The van der Waals surface area contributed by atoms with E-state index in [0.29, 0.717) is 39.3 Å². The number of hydrogen-bond acceptors (Lipinski definition) is 6. The maximum absolute atomic E-state index is 12.8. The number of fused-ring (bicyclic) bond motifs is 1. The second kappa shape index (κ2) is 13.7. The summed E-state index contributed by atoms with van der Waals surface area (Å²) in [7, 11) is 0. The van der Waals surface area contributed by atoms with Crippen LogP contribution in [0.3, 0.4) is 0 Å². The molecule has 0 bridgehead atoms. The second-order valence-corrected chi connectivity index (χ2v) is 10.9. The van der Waals surface area contributed by atoms with Gasteiger partial charge in [0.2, 0.25) is 0 Å². The molecule has 0 saturated heterocycles. The molecule has 1 atom stereocenters. The summed E-state index contributed by atoms with van der Waals surface area (Å²) in [5, 5.41) is 12.4. The van der Waals surface area contributed by atoms with Gasteiger partial charge in [-0.1, -0.05) is 66.2 Å². The number of nitrogens with one attached hydrogen (secondary N) is 3. The zero-order valence-corrected chi connectivity index (χ0v) is 26.1. The van der Waals surface area contributed by atoms with Crippen molar-refractivity contribution in [2.75, 3.05) is 13.2 Å². The molecule has 1 aliphatic heterocycles. The first kappa shape index (κ1) is 30.8. The number of carbonyl (C=O) groups excluding carboxylic acids is 2. The van der Waals surface area contributed by atoms with Crippen LogP contribution in [0.2, 0.25) is 5.02 Å². The van der Waals surface area contributed by atoms with Crippen LogP contribution < -0.4 is 20.8 Å². The molecular formula is C33H32ClN5O4S. The summed E-state index contributed by atoms with van der Waals surface area (Å²) in [5.41, 5.74) is 8.09. The third-order valence-corrected chi connectivity index (χ3v) is 7.89. The minimum Gasteiger partial charge on any atom is -0.483 e. The first-order valence-corrected chi connectivity index (χ1v) is 14.9. The number of benzene rings is 3. The third-order valence-electron chi connectivity index (χ3n) is 7.30. The Hall–Kier alpha value is -4.67. The summed E-state index contributed by atoms with van der Waals surface area (Å²) >= 11 is 11.8. The molecule has 3 aromatic carbocycles. The van der Waals surface area contributed by atoms with Crippen molar-refractivity contribution < 1.29 is 19.1 Å². The van der Waals surface area contributed by atoms with Gasteiger partial charge in [-0.25, -0.2) is 10.2 Å². The van der Waals surface area contributed by atoms with Crippen LogP contribution in [0.25, 0.3) is 10.9 Å².